The van der Waals surface area contributed by atoms with E-state index in [2.05, 4.69) is 5.10 Å². The molecule has 100 valence electrons. The molecule has 1 aromatic rings. The summed E-state index contributed by atoms with van der Waals surface area (Å²) in [7, 11) is 3.43. The van der Waals surface area contributed by atoms with Crippen LogP contribution in [0.25, 0.3) is 0 Å². The number of nitrogen functional groups attached to an aromatic ring is 1. The lowest BCUT2D eigenvalue weighted by Crippen LogP contribution is -2.46. The van der Waals surface area contributed by atoms with Crippen LogP contribution in [0.3, 0.4) is 0 Å². The summed E-state index contributed by atoms with van der Waals surface area (Å²) in [6.07, 6.45) is 4.80. The van der Waals surface area contributed by atoms with E-state index in [-0.39, 0.29) is 17.6 Å². The molecular formula is C12H20N4O2. The third kappa shape index (κ3) is 2.33. The number of hydrogen-bond donors (Lipinski definition) is 2. The van der Waals surface area contributed by atoms with Gasteiger partial charge < -0.3 is 15.7 Å². The maximum atomic E-state index is 12.3. The lowest BCUT2D eigenvalue weighted by Gasteiger charge is -2.34. The number of nitrogens with zero attached hydrogens (tertiary/aromatic N) is 3. The van der Waals surface area contributed by atoms with Crippen molar-refractivity contribution in [3.63, 3.8) is 0 Å². The molecule has 1 fully saturated rings. The van der Waals surface area contributed by atoms with Crippen molar-refractivity contribution in [1.82, 2.24) is 14.7 Å². The first-order valence-electron chi connectivity index (χ1n) is 6.25. The second-order valence-electron chi connectivity index (χ2n) is 4.94. The lowest BCUT2D eigenvalue weighted by atomic mass is 9.91. The van der Waals surface area contributed by atoms with Gasteiger partial charge in [0.1, 0.15) is 0 Å². The summed E-state index contributed by atoms with van der Waals surface area (Å²) in [6.45, 7) is 0. The standard InChI is InChI=1S/C12H20N4O2/c1-15-7-8(13)11(14-15)12(18)16(2)9-5-3-4-6-10(9)17/h7,9-10,17H,3-6,13H2,1-2H3. The van der Waals surface area contributed by atoms with Gasteiger partial charge in [0.25, 0.3) is 5.91 Å². The summed E-state index contributed by atoms with van der Waals surface area (Å²) in [5.41, 5.74) is 6.39. The molecule has 2 atom stereocenters. The average molecular weight is 252 g/mol. The summed E-state index contributed by atoms with van der Waals surface area (Å²) >= 11 is 0. The van der Waals surface area contributed by atoms with Gasteiger partial charge in [0, 0.05) is 20.3 Å². The van der Waals surface area contributed by atoms with Gasteiger partial charge in [-0.05, 0) is 12.8 Å². The number of rotatable bonds is 2. The smallest absolute Gasteiger partial charge is 0.276 e. The quantitative estimate of drug-likeness (QED) is 0.797. The fourth-order valence-corrected chi connectivity index (χ4v) is 2.53. The maximum Gasteiger partial charge on any atom is 0.276 e. The van der Waals surface area contributed by atoms with E-state index < -0.39 is 6.10 Å². The van der Waals surface area contributed by atoms with E-state index in [9.17, 15) is 9.90 Å². The molecule has 1 aliphatic rings. The van der Waals surface area contributed by atoms with E-state index in [0.717, 1.165) is 25.7 Å². The van der Waals surface area contributed by atoms with Crippen LogP contribution in [-0.4, -0.2) is 44.9 Å². The zero-order chi connectivity index (χ0) is 13.3. The van der Waals surface area contributed by atoms with Crippen molar-refractivity contribution in [2.24, 2.45) is 7.05 Å². The summed E-state index contributed by atoms with van der Waals surface area (Å²) in [5.74, 6) is -0.223. The molecule has 18 heavy (non-hydrogen) atoms. The van der Waals surface area contributed by atoms with Crippen LogP contribution in [0, 0.1) is 0 Å². The Hall–Kier alpha value is -1.56. The topological polar surface area (TPSA) is 84.4 Å². The molecule has 3 N–H and O–H groups in total. The minimum atomic E-state index is -0.447. The van der Waals surface area contributed by atoms with Crippen LogP contribution in [-0.2, 0) is 7.05 Å². The molecule has 1 aromatic heterocycles. The zero-order valence-corrected chi connectivity index (χ0v) is 10.8. The predicted molar refractivity (Wildman–Crippen MR) is 68.0 cm³/mol. The number of aryl methyl sites for hydroxylation is 1. The molecule has 0 spiro atoms. The molecule has 0 bridgehead atoms. The number of aliphatic hydroxyl groups is 1. The Balaban J connectivity index is 2.15. The first-order valence-corrected chi connectivity index (χ1v) is 6.25. The normalized spacial score (nSPS) is 23.9. The van der Waals surface area contributed by atoms with Gasteiger partial charge in [0.2, 0.25) is 0 Å². The van der Waals surface area contributed by atoms with Gasteiger partial charge in [-0.25, -0.2) is 0 Å². The molecule has 6 heteroatoms. The van der Waals surface area contributed by atoms with Gasteiger partial charge in [0.15, 0.2) is 5.69 Å². The number of amides is 1. The van der Waals surface area contributed by atoms with Crippen LogP contribution in [0.5, 0.6) is 0 Å². The molecule has 2 rings (SSSR count). The fourth-order valence-electron chi connectivity index (χ4n) is 2.53. The van der Waals surface area contributed by atoms with Crippen LogP contribution >= 0.6 is 0 Å². The average Bonchev–Trinajstić information content (AvgIpc) is 2.67. The van der Waals surface area contributed by atoms with E-state index in [1.165, 1.54) is 4.68 Å². The number of likely N-dealkylation sites (N-methyl/N-ethyl adjacent to an activating group) is 1. The van der Waals surface area contributed by atoms with Crippen LogP contribution in [0.2, 0.25) is 0 Å². The summed E-state index contributed by atoms with van der Waals surface area (Å²) < 4.78 is 1.52. The Morgan fingerprint density at radius 3 is 2.78 bits per heavy atom. The molecule has 0 saturated heterocycles. The molecule has 1 amide bonds. The highest BCUT2D eigenvalue weighted by molar-refractivity contribution is 5.97. The molecule has 1 heterocycles. The molecule has 6 nitrogen and oxygen atoms in total. The van der Waals surface area contributed by atoms with E-state index in [0.29, 0.717) is 5.69 Å². The largest absolute Gasteiger partial charge is 0.396 e. The van der Waals surface area contributed by atoms with Gasteiger partial charge in [-0.15, -0.1) is 0 Å². The van der Waals surface area contributed by atoms with Crippen molar-refractivity contribution in [3.05, 3.63) is 11.9 Å². The number of nitrogens with two attached hydrogens (primary N) is 1. The first kappa shape index (κ1) is 12.9. The van der Waals surface area contributed by atoms with E-state index >= 15 is 0 Å². The summed E-state index contributed by atoms with van der Waals surface area (Å²) in [6, 6.07) is -0.132. The highest BCUT2D eigenvalue weighted by atomic mass is 16.3. The monoisotopic (exact) mass is 252 g/mol. The molecule has 0 aromatic carbocycles. The maximum absolute atomic E-state index is 12.3. The van der Waals surface area contributed by atoms with Crippen LogP contribution in [0.4, 0.5) is 5.69 Å². The number of aliphatic hydroxyl groups excluding tert-OH is 1. The van der Waals surface area contributed by atoms with E-state index in [1.807, 2.05) is 0 Å². The van der Waals surface area contributed by atoms with Crippen LogP contribution < -0.4 is 5.73 Å². The molecule has 0 aliphatic heterocycles. The SMILES string of the molecule is CN(C(=O)c1nn(C)cc1N)C1CCCCC1O. The van der Waals surface area contributed by atoms with Gasteiger partial charge in [-0.3, -0.25) is 9.48 Å². The minimum Gasteiger partial charge on any atom is -0.396 e. The van der Waals surface area contributed by atoms with Crippen molar-refractivity contribution in [2.45, 2.75) is 37.8 Å². The third-order valence-electron chi connectivity index (χ3n) is 3.57. The van der Waals surface area contributed by atoms with Gasteiger partial charge >= 0.3 is 0 Å². The van der Waals surface area contributed by atoms with Gasteiger partial charge in [-0.2, -0.15) is 5.10 Å². The van der Waals surface area contributed by atoms with Gasteiger partial charge in [0.05, 0.1) is 17.8 Å². The van der Waals surface area contributed by atoms with Crippen molar-refractivity contribution >= 4 is 11.6 Å². The number of aromatic nitrogens is 2. The molecule has 1 saturated carbocycles. The third-order valence-corrected chi connectivity index (χ3v) is 3.57. The molecule has 1 aliphatic carbocycles. The molecule has 2 unspecified atom stereocenters. The van der Waals surface area contributed by atoms with Gasteiger partial charge in [-0.1, -0.05) is 12.8 Å². The Morgan fingerprint density at radius 1 is 1.56 bits per heavy atom. The number of carbonyl (C=O) groups excluding carboxylic acids is 1. The minimum absolute atomic E-state index is 0.132. The zero-order valence-electron chi connectivity index (χ0n) is 10.8. The highest BCUT2D eigenvalue weighted by Crippen LogP contribution is 2.24. The lowest BCUT2D eigenvalue weighted by molar-refractivity contribution is 0.0264. The Kier molecular flexibility index (Phi) is 3.56. The van der Waals surface area contributed by atoms with Crippen molar-refractivity contribution in [1.29, 1.82) is 0 Å². The summed E-state index contributed by atoms with van der Waals surface area (Å²) in [4.78, 5) is 13.9. The number of carbonyl (C=O) groups is 1. The van der Waals surface area contributed by atoms with Crippen molar-refractivity contribution < 1.29 is 9.90 Å². The second kappa shape index (κ2) is 4.97. The fraction of sp³-hybridized carbons (Fsp3) is 0.667. The molecular weight excluding hydrogens is 232 g/mol. The second-order valence-corrected chi connectivity index (χ2v) is 4.94. The van der Waals surface area contributed by atoms with E-state index in [1.54, 1.807) is 25.2 Å². The summed E-state index contributed by atoms with van der Waals surface area (Å²) in [5, 5.41) is 14.0. The number of anilines is 1. The van der Waals surface area contributed by atoms with Crippen LogP contribution in [0.15, 0.2) is 6.20 Å². The Labute approximate surface area is 106 Å². The first-order chi connectivity index (χ1) is 8.50. The van der Waals surface area contributed by atoms with E-state index in [4.69, 9.17) is 5.73 Å². The van der Waals surface area contributed by atoms with Crippen molar-refractivity contribution in [2.75, 3.05) is 12.8 Å². The molecule has 0 radical (unpaired) electrons. The highest BCUT2D eigenvalue weighted by Gasteiger charge is 2.31. The Bertz CT molecular complexity index is 443. The predicted octanol–water partition coefficient (Wildman–Crippen LogP) is 0.378. The Morgan fingerprint density at radius 2 is 2.22 bits per heavy atom. The van der Waals surface area contributed by atoms with Crippen LogP contribution in [0.1, 0.15) is 36.2 Å². The van der Waals surface area contributed by atoms with Crippen molar-refractivity contribution in [3.8, 4) is 0 Å². The number of hydrogen-bond acceptors (Lipinski definition) is 4.